The second kappa shape index (κ2) is 27.4. The molecule has 0 radical (unpaired) electrons. The van der Waals surface area contributed by atoms with E-state index in [4.69, 9.17) is 42.6 Å². The molecular formula is C53H66O26. The van der Waals surface area contributed by atoms with E-state index < -0.39 is 119 Å². The Hall–Kier alpha value is -8.19. The van der Waals surface area contributed by atoms with E-state index in [9.17, 15) is 62.3 Å². The fourth-order valence-electron chi connectivity index (χ4n) is 8.18. The minimum Gasteiger partial charge on any atom is -0.463 e. The molecule has 9 unspecified atom stereocenters. The standard InChI is InChI=1S/C15H18O6.C11H14O6.C10H12O6.C9H12O4.C8H10O4/c1-7(2)13(17)19-6-11(16)21-15(3)8-4-9-10(5-8)14(18)20-12(9)15;1-7(2)9(13)16-6-8(12)17-11(3)4-5-15-10(11)14;1-3-7(11)15-6-8(12)16-10(2)4-5-14-9(10)13;1-6(2)7(10)13-9(3)4-5-12-8(9)11;1-3-6(9)12-8(2)4-5-11-7(8)10/h8-10,12H,1,4-6H2,2-3H3;1,4-6H2,2-3H3;3H,1,4-6H2,2H3;1,4-5H2,2-3H3;3H,1,4-5H2,2H3. The molecule has 9 atom stereocenters. The quantitative estimate of drug-likeness (QED) is 0.122. The third-order valence-corrected chi connectivity index (χ3v) is 12.9. The molecule has 2 aliphatic carbocycles. The van der Waals surface area contributed by atoms with Crippen molar-refractivity contribution in [3.05, 3.63) is 61.8 Å². The summed E-state index contributed by atoms with van der Waals surface area (Å²) in [6.45, 7) is 28.4. The topological polar surface area (TPSA) is 342 Å². The van der Waals surface area contributed by atoms with Gasteiger partial charge in [0.15, 0.2) is 19.8 Å². The van der Waals surface area contributed by atoms with Crippen molar-refractivity contribution in [2.45, 2.75) is 128 Å². The molecule has 5 heterocycles. The molecule has 0 aromatic carbocycles. The van der Waals surface area contributed by atoms with Gasteiger partial charge >= 0.3 is 77.6 Å². The number of fused-ring (bicyclic) bond motifs is 1. The van der Waals surface area contributed by atoms with Crippen molar-refractivity contribution >= 4 is 77.6 Å². The van der Waals surface area contributed by atoms with E-state index in [1.807, 2.05) is 0 Å². The number of hydrogen-bond donors (Lipinski definition) is 0. The molecule has 7 fully saturated rings. The molecule has 26 nitrogen and oxygen atoms in total. The van der Waals surface area contributed by atoms with Crippen molar-refractivity contribution in [2.75, 3.05) is 46.2 Å². The van der Waals surface area contributed by atoms with Gasteiger partial charge in [-0.05, 0) is 68.2 Å². The predicted octanol–water partition coefficient (Wildman–Crippen LogP) is 2.54. The van der Waals surface area contributed by atoms with Crippen LogP contribution in [0, 0.1) is 17.8 Å². The van der Waals surface area contributed by atoms with E-state index in [-0.39, 0.29) is 59.8 Å². The van der Waals surface area contributed by atoms with Gasteiger partial charge in [0.2, 0.25) is 22.4 Å². The van der Waals surface area contributed by atoms with Gasteiger partial charge in [-0.3, -0.25) is 4.79 Å². The first-order valence-electron chi connectivity index (χ1n) is 24.4. The average Bonchev–Trinajstić information content (AvgIpc) is 4.32. The fraction of sp³-hybridized carbons (Fsp3) is 0.566. The maximum Gasteiger partial charge on any atom is 0.350 e. The Morgan fingerprint density at radius 3 is 1.20 bits per heavy atom. The molecule has 2 bridgehead atoms. The molecule has 0 aromatic rings. The molecule has 5 saturated heterocycles. The normalized spacial score (nSPS) is 28.7. The Bertz CT molecular complexity index is 2520. The Morgan fingerprint density at radius 2 is 0.848 bits per heavy atom. The maximum absolute atomic E-state index is 11.9. The van der Waals surface area contributed by atoms with Crippen molar-refractivity contribution in [3.63, 3.8) is 0 Å². The predicted molar refractivity (Wildman–Crippen MR) is 262 cm³/mol. The van der Waals surface area contributed by atoms with Crippen LogP contribution in [0.15, 0.2) is 61.8 Å². The van der Waals surface area contributed by atoms with Crippen LogP contribution < -0.4 is 0 Å². The minimum atomic E-state index is -1.27. The van der Waals surface area contributed by atoms with Crippen LogP contribution in [0.1, 0.15) is 93.9 Å². The fourth-order valence-corrected chi connectivity index (χ4v) is 8.18. The summed E-state index contributed by atoms with van der Waals surface area (Å²) in [5.74, 6) is -7.48. The van der Waals surface area contributed by atoms with Crippen molar-refractivity contribution in [2.24, 2.45) is 17.8 Å². The highest BCUT2D eigenvalue weighted by molar-refractivity contribution is 5.92. The molecule has 0 spiro atoms. The first-order chi connectivity index (χ1) is 36.7. The van der Waals surface area contributed by atoms with Gasteiger partial charge in [0.1, 0.15) is 11.7 Å². The summed E-state index contributed by atoms with van der Waals surface area (Å²) in [6, 6.07) is 0. The molecule has 7 aliphatic rings. The van der Waals surface area contributed by atoms with Gasteiger partial charge in [0.05, 0.1) is 32.3 Å². The van der Waals surface area contributed by atoms with E-state index in [1.165, 1.54) is 41.5 Å². The Labute approximate surface area is 454 Å². The van der Waals surface area contributed by atoms with E-state index in [1.54, 1.807) is 13.8 Å². The lowest BCUT2D eigenvalue weighted by Crippen LogP contribution is -2.48. The zero-order valence-corrected chi connectivity index (χ0v) is 45.3. The smallest absolute Gasteiger partial charge is 0.350 e. The second-order valence-electron chi connectivity index (χ2n) is 19.7. The number of cyclic esters (lactones) is 4. The second-order valence-corrected chi connectivity index (χ2v) is 19.7. The molecule has 2 saturated carbocycles. The Balaban J connectivity index is 0.000000263. The molecule has 0 N–H and O–H groups in total. The highest BCUT2D eigenvalue weighted by atomic mass is 16.7. The van der Waals surface area contributed by atoms with Crippen LogP contribution in [0.4, 0.5) is 0 Å². The highest BCUT2D eigenvalue weighted by Gasteiger charge is 2.69. The molecule has 26 heteroatoms. The van der Waals surface area contributed by atoms with Crippen molar-refractivity contribution in [3.8, 4) is 0 Å². The van der Waals surface area contributed by atoms with Crippen LogP contribution in [0.2, 0.25) is 0 Å². The highest BCUT2D eigenvalue weighted by Crippen LogP contribution is 2.60. The SMILES string of the molecule is C=C(C)C(=O)OC1(C)CCOC1=O.C=C(C)C(=O)OCC(=O)OC1(C)C2CC3C(=O)OC1C3C2.C=C(C)C(=O)OCC(=O)OC1(C)CCOC1=O.C=CC(=O)OC1(C)CCOC1=O.C=CC(=O)OCC(=O)OC1(C)CCOC1=O. The number of rotatable bonds is 16. The van der Waals surface area contributed by atoms with E-state index in [0.717, 1.165) is 18.6 Å². The lowest BCUT2D eigenvalue weighted by Gasteiger charge is -2.36. The third-order valence-electron chi connectivity index (χ3n) is 12.9. The number of carbonyl (C=O) groups is 13. The summed E-state index contributed by atoms with van der Waals surface area (Å²) in [4.78, 5) is 146. The number of hydrogen-bond acceptors (Lipinski definition) is 26. The number of carbonyl (C=O) groups excluding carboxylic acids is 13. The largest absolute Gasteiger partial charge is 0.463 e. The average molecular weight is 1120 g/mol. The Morgan fingerprint density at radius 1 is 0.494 bits per heavy atom. The van der Waals surface area contributed by atoms with Gasteiger partial charge in [0.25, 0.3) is 0 Å². The van der Waals surface area contributed by atoms with Crippen LogP contribution in [0.25, 0.3) is 0 Å². The Kier molecular flexibility index (Phi) is 22.6. The molecule has 5 aliphatic heterocycles. The molecule has 0 aromatic heterocycles. The van der Waals surface area contributed by atoms with Gasteiger partial charge in [-0.2, -0.15) is 0 Å². The number of ether oxygens (including phenoxy) is 13. The van der Waals surface area contributed by atoms with Gasteiger partial charge < -0.3 is 61.6 Å². The summed E-state index contributed by atoms with van der Waals surface area (Å²) < 4.78 is 63.1. The van der Waals surface area contributed by atoms with Crippen molar-refractivity contribution in [1.29, 1.82) is 0 Å². The first kappa shape index (κ1) is 65.1. The lowest BCUT2D eigenvalue weighted by atomic mass is 9.80. The summed E-state index contributed by atoms with van der Waals surface area (Å²) in [5, 5.41) is 0. The van der Waals surface area contributed by atoms with Crippen LogP contribution in [0.3, 0.4) is 0 Å². The van der Waals surface area contributed by atoms with Gasteiger partial charge in [-0.15, -0.1) is 0 Å². The van der Waals surface area contributed by atoms with Crippen molar-refractivity contribution in [1.82, 2.24) is 0 Å². The summed E-state index contributed by atoms with van der Waals surface area (Å²) >= 11 is 0. The van der Waals surface area contributed by atoms with Crippen LogP contribution >= 0.6 is 0 Å². The van der Waals surface area contributed by atoms with Crippen LogP contribution in [-0.2, 0) is 124 Å². The van der Waals surface area contributed by atoms with E-state index in [0.29, 0.717) is 45.3 Å². The van der Waals surface area contributed by atoms with E-state index in [2.05, 4.69) is 51.8 Å². The molecular weight excluding hydrogens is 1050 g/mol. The molecule has 7 rings (SSSR count). The summed E-state index contributed by atoms with van der Waals surface area (Å²) in [7, 11) is 0. The molecule has 434 valence electrons. The van der Waals surface area contributed by atoms with Crippen LogP contribution in [0.5, 0.6) is 0 Å². The minimum absolute atomic E-state index is 0.0342. The third kappa shape index (κ3) is 17.4. The summed E-state index contributed by atoms with van der Waals surface area (Å²) in [6.07, 6.45) is 4.55. The van der Waals surface area contributed by atoms with Gasteiger partial charge in [0, 0.05) is 66.4 Å². The number of esters is 13. The molecule has 0 amide bonds. The monoisotopic (exact) mass is 1120 g/mol. The van der Waals surface area contributed by atoms with Crippen molar-refractivity contribution < 1.29 is 124 Å². The maximum atomic E-state index is 11.9. The zero-order chi connectivity index (χ0) is 59.8. The molecule has 79 heavy (non-hydrogen) atoms. The first-order valence-corrected chi connectivity index (χ1v) is 24.4. The zero-order valence-electron chi connectivity index (χ0n) is 45.3. The van der Waals surface area contributed by atoms with Crippen LogP contribution in [-0.4, -0.2) is 158 Å². The van der Waals surface area contributed by atoms with E-state index >= 15 is 0 Å². The van der Waals surface area contributed by atoms with Gasteiger partial charge in [-0.1, -0.05) is 32.9 Å². The summed E-state index contributed by atoms with van der Waals surface area (Å²) in [5.41, 5.74) is -4.88. The van der Waals surface area contributed by atoms with Gasteiger partial charge in [-0.25, -0.2) is 57.5 Å². The lowest BCUT2D eigenvalue weighted by molar-refractivity contribution is -0.184.